The highest BCUT2D eigenvalue weighted by Crippen LogP contribution is 2.23. The summed E-state index contributed by atoms with van der Waals surface area (Å²) in [5.41, 5.74) is 0.793. The van der Waals surface area contributed by atoms with Crippen LogP contribution in [0.2, 0.25) is 0 Å². The van der Waals surface area contributed by atoms with Crippen LogP contribution in [0.25, 0.3) is 10.9 Å². The molecule has 3 aromatic rings. The molecule has 1 atom stereocenters. The first kappa shape index (κ1) is 16.8. The molecule has 1 aromatic heterocycles. The Morgan fingerprint density at radius 2 is 1.92 bits per heavy atom. The number of rotatable bonds is 5. The van der Waals surface area contributed by atoms with Crippen LogP contribution >= 0.6 is 0 Å². The second kappa shape index (κ2) is 7.21. The van der Waals surface area contributed by atoms with Crippen LogP contribution < -0.4 is 5.32 Å². The molecule has 0 bridgehead atoms. The van der Waals surface area contributed by atoms with E-state index >= 15 is 0 Å². The quantitative estimate of drug-likeness (QED) is 0.720. The van der Waals surface area contributed by atoms with Crippen molar-refractivity contribution in [1.82, 2.24) is 9.97 Å². The number of hydrogen-bond acceptors (Lipinski definition) is 5. The topological polar surface area (TPSA) is 64.1 Å². The average Bonchev–Trinajstić information content (AvgIpc) is 2.63. The van der Waals surface area contributed by atoms with Gasteiger partial charge in [0, 0.05) is 11.9 Å². The molecule has 0 fully saturated rings. The van der Waals surface area contributed by atoms with Crippen molar-refractivity contribution in [2.45, 2.75) is 5.92 Å². The first-order valence-corrected chi connectivity index (χ1v) is 7.56. The number of anilines is 1. The molecule has 2 aromatic carbocycles. The molecule has 1 N–H and O–H groups in total. The van der Waals surface area contributed by atoms with Gasteiger partial charge in [-0.15, -0.1) is 0 Å². The highest BCUT2D eigenvalue weighted by molar-refractivity contribution is 5.89. The third-order valence-corrected chi connectivity index (χ3v) is 3.85. The average molecular weight is 343 g/mol. The number of fused-ring (bicyclic) bond motifs is 1. The van der Waals surface area contributed by atoms with Gasteiger partial charge in [0.15, 0.2) is 0 Å². The lowest BCUT2D eigenvalue weighted by atomic mass is 9.99. The highest BCUT2D eigenvalue weighted by atomic mass is 19.1. The molecular formula is C18H15F2N3O2. The fourth-order valence-corrected chi connectivity index (χ4v) is 2.57. The van der Waals surface area contributed by atoms with Gasteiger partial charge >= 0.3 is 5.97 Å². The third-order valence-electron chi connectivity index (χ3n) is 3.85. The molecule has 3 rings (SSSR count). The molecule has 25 heavy (non-hydrogen) atoms. The number of ether oxygens (including phenoxy) is 1. The minimum absolute atomic E-state index is 0.154. The van der Waals surface area contributed by atoms with Gasteiger partial charge in [0.25, 0.3) is 0 Å². The summed E-state index contributed by atoms with van der Waals surface area (Å²) in [5, 5.41) is 3.54. The molecule has 0 aliphatic rings. The predicted octanol–water partition coefficient (Wildman–Crippen LogP) is 3.28. The van der Waals surface area contributed by atoms with Crippen LogP contribution in [0, 0.1) is 11.6 Å². The number of carbonyl (C=O) groups is 1. The van der Waals surface area contributed by atoms with Crippen molar-refractivity contribution in [1.29, 1.82) is 0 Å². The van der Waals surface area contributed by atoms with Gasteiger partial charge in [-0.1, -0.05) is 18.2 Å². The minimum Gasteiger partial charge on any atom is -0.468 e. The fraction of sp³-hybridized carbons (Fsp3) is 0.167. The number of esters is 1. The Kier molecular flexibility index (Phi) is 4.83. The zero-order valence-electron chi connectivity index (χ0n) is 13.4. The molecule has 0 aliphatic carbocycles. The summed E-state index contributed by atoms with van der Waals surface area (Å²) in [6.07, 6.45) is 1.25. The number of para-hydroxylation sites is 1. The Morgan fingerprint density at radius 3 is 2.64 bits per heavy atom. The fourth-order valence-electron chi connectivity index (χ4n) is 2.57. The Balaban J connectivity index is 1.88. The third kappa shape index (κ3) is 3.55. The van der Waals surface area contributed by atoms with Crippen molar-refractivity contribution in [3.05, 3.63) is 66.0 Å². The van der Waals surface area contributed by atoms with Crippen molar-refractivity contribution in [3.63, 3.8) is 0 Å². The molecule has 128 valence electrons. The van der Waals surface area contributed by atoms with E-state index in [-0.39, 0.29) is 12.1 Å². The van der Waals surface area contributed by atoms with Crippen molar-refractivity contribution in [2.75, 3.05) is 19.0 Å². The summed E-state index contributed by atoms with van der Waals surface area (Å²) in [6, 6.07) is 10.2. The van der Waals surface area contributed by atoms with E-state index in [0.717, 1.165) is 0 Å². The van der Waals surface area contributed by atoms with Gasteiger partial charge in [0.05, 0.1) is 13.0 Å². The van der Waals surface area contributed by atoms with Crippen molar-refractivity contribution >= 4 is 22.7 Å². The van der Waals surface area contributed by atoms with Gasteiger partial charge in [-0.25, -0.2) is 18.7 Å². The number of carbonyl (C=O) groups excluding carboxylic acids is 1. The zero-order chi connectivity index (χ0) is 17.8. The van der Waals surface area contributed by atoms with E-state index in [2.05, 4.69) is 15.3 Å². The molecule has 1 unspecified atom stereocenters. The van der Waals surface area contributed by atoms with Gasteiger partial charge in [0.1, 0.15) is 29.3 Å². The summed E-state index contributed by atoms with van der Waals surface area (Å²) in [7, 11) is 1.29. The van der Waals surface area contributed by atoms with Gasteiger partial charge in [-0.3, -0.25) is 4.79 Å². The van der Waals surface area contributed by atoms with E-state index in [9.17, 15) is 13.6 Å². The maximum Gasteiger partial charge on any atom is 0.314 e. The van der Waals surface area contributed by atoms with Gasteiger partial charge < -0.3 is 10.1 Å². The molecule has 0 amide bonds. The lowest BCUT2D eigenvalue weighted by molar-refractivity contribution is -0.142. The summed E-state index contributed by atoms with van der Waals surface area (Å²) < 4.78 is 31.8. The van der Waals surface area contributed by atoms with E-state index < -0.39 is 23.5 Å². The first-order valence-electron chi connectivity index (χ1n) is 7.56. The molecule has 0 spiro atoms. The zero-order valence-corrected chi connectivity index (χ0v) is 13.4. The lowest BCUT2D eigenvalue weighted by Crippen LogP contribution is -2.23. The Hall–Kier alpha value is -3.09. The van der Waals surface area contributed by atoms with Crippen molar-refractivity contribution < 1.29 is 18.3 Å². The number of nitrogens with zero attached hydrogens (tertiary/aromatic N) is 2. The Bertz CT molecular complexity index is 900. The van der Waals surface area contributed by atoms with Crippen LogP contribution in [-0.4, -0.2) is 29.6 Å². The highest BCUT2D eigenvalue weighted by Gasteiger charge is 2.22. The van der Waals surface area contributed by atoms with Crippen LogP contribution in [0.3, 0.4) is 0 Å². The van der Waals surface area contributed by atoms with Crippen molar-refractivity contribution in [2.24, 2.45) is 0 Å². The van der Waals surface area contributed by atoms with Crippen LogP contribution in [-0.2, 0) is 9.53 Å². The van der Waals surface area contributed by atoms with E-state index in [4.69, 9.17) is 4.74 Å². The number of benzene rings is 2. The lowest BCUT2D eigenvalue weighted by Gasteiger charge is -2.17. The summed E-state index contributed by atoms with van der Waals surface area (Å²) in [6.45, 7) is 0.154. The SMILES string of the molecule is COC(=O)C(CNc1ncnc2c(F)cccc12)c1ccc(F)cc1. The second-order valence-corrected chi connectivity index (χ2v) is 5.37. The van der Waals surface area contributed by atoms with Crippen LogP contribution in [0.4, 0.5) is 14.6 Å². The predicted molar refractivity (Wildman–Crippen MR) is 89.1 cm³/mol. The van der Waals surface area contributed by atoms with E-state index in [0.29, 0.717) is 16.8 Å². The first-order chi connectivity index (χ1) is 12.1. The molecule has 0 radical (unpaired) electrons. The van der Waals surface area contributed by atoms with E-state index in [1.54, 1.807) is 12.1 Å². The normalized spacial score (nSPS) is 12.0. The van der Waals surface area contributed by atoms with Crippen LogP contribution in [0.1, 0.15) is 11.5 Å². The van der Waals surface area contributed by atoms with Crippen molar-refractivity contribution in [3.8, 4) is 0 Å². The summed E-state index contributed by atoms with van der Waals surface area (Å²) in [5.74, 6) is -1.57. The molecule has 0 saturated heterocycles. The number of aromatic nitrogens is 2. The number of methoxy groups -OCH3 is 1. The van der Waals surface area contributed by atoms with E-state index in [1.165, 1.54) is 43.8 Å². The Labute approximate surface area is 142 Å². The second-order valence-electron chi connectivity index (χ2n) is 5.37. The minimum atomic E-state index is -0.663. The van der Waals surface area contributed by atoms with E-state index in [1.807, 2.05) is 0 Å². The molecule has 5 nitrogen and oxygen atoms in total. The van der Waals surface area contributed by atoms with Gasteiger partial charge in [0.2, 0.25) is 0 Å². The smallest absolute Gasteiger partial charge is 0.314 e. The maximum absolute atomic E-state index is 13.8. The number of halogens is 2. The van der Waals surface area contributed by atoms with Gasteiger partial charge in [-0.05, 0) is 29.8 Å². The number of hydrogen-bond donors (Lipinski definition) is 1. The summed E-state index contributed by atoms with van der Waals surface area (Å²) >= 11 is 0. The largest absolute Gasteiger partial charge is 0.468 e. The monoisotopic (exact) mass is 343 g/mol. The summed E-state index contributed by atoms with van der Waals surface area (Å²) in [4.78, 5) is 20.1. The standard InChI is InChI=1S/C18H15F2N3O2/c1-25-18(24)14(11-5-7-12(19)8-6-11)9-21-17-13-3-2-4-15(20)16(13)22-10-23-17/h2-8,10,14H,9H2,1H3,(H,21,22,23). The van der Waals surface area contributed by atoms with Gasteiger partial charge in [-0.2, -0.15) is 0 Å². The molecule has 0 saturated carbocycles. The molecule has 0 aliphatic heterocycles. The molecule has 1 heterocycles. The van der Waals surface area contributed by atoms with Crippen LogP contribution in [0.15, 0.2) is 48.8 Å². The Morgan fingerprint density at radius 1 is 1.16 bits per heavy atom. The number of nitrogens with one attached hydrogen (secondary N) is 1. The van der Waals surface area contributed by atoms with Crippen LogP contribution in [0.5, 0.6) is 0 Å². The molecule has 7 heteroatoms. The molecular weight excluding hydrogens is 328 g/mol. The maximum atomic E-state index is 13.8.